The highest BCUT2D eigenvalue weighted by molar-refractivity contribution is 5.37. The summed E-state index contributed by atoms with van der Waals surface area (Å²) in [6, 6.07) is 45.8. The highest BCUT2D eigenvalue weighted by Gasteiger charge is 2.52. The number of nitrogens with zero attached hydrogens (tertiary/aromatic N) is 2. The minimum Gasteiger partial charge on any atom is -0.284 e. The van der Waals surface area contributed by atoms with Crippen molar-refractivity contribution in [2.45, 2.75) is 24.2 Å². The Morgan fingerprint density at radius 2 is 0.562 bits per heavy atom. The molecule has 4 aromatic rings. The van der Waals surface area contributed by atoms with Crippen LogP contribution in [-0.2, 0) is 0 Å². The van der Waals surface area contributed by atoms with E-state index in [9.17, 15) is 0 Å². The van der Waals surface area contributed by atoms with E-state index >= 15 is 0 Å². The van der Waals surface area contributed by atoms with Crippen molar-refractivity contribution in [1.29, 1.82) is 0 Å². The van der Waals surface area contributed by atoms with Gasteiger partial charge < -0.3 is 0 Å². The van der Waals surface area contributed by atoms with E-state index in [2.05, 4.69) is 131 Å². The smallest absolute Gasteiger partial charge is 0.0552 e. The van der Waals surface area contributed by atoms with Gasteiger partial charge >= 0.3 is 0 Å². The van der Waals surface area contributed by atoms with Gasteiger partial charge in [0, 0.05) is 13.1 Å². The van der Waals surface area contributed by atoms with E-state index < -0.39 is 0 Å². The van der Waals surface area contributed by atoms with Crippen molar-refractivity contribution in [1.82, 2.24) is 9.80 Å². The lowest BCUT2D eigenvalue weighted by molar-refractivity contribution is 0.393. The zero-order valence-electron chi connectivity index (χ0n) is 18.2. The van der Waals surface area contributed by atoms with Gasteiger partial charge in [-0.3, -0.25) is 9.80 Å². The Hall–Kier alpha value is -3.20. The molecule has 6 rings (SSSR count). The van der Waals surface area contributed by atoms with Crippen LogP contribution in [-0.4, -0.2) is 22.9 Å². The SMILES string of the molecule is c1ccc([C@H]2[C@H](c3ccccc3)N2CCN2[C@@H](c3ccccc3)[C@@H]2c2ccccc2)cc1. The molecule has 0 radical (unpaired) electrons. The minimum absolute atomic E-state index is 0.476. The van der Waals surface area contributed by atoms with Crippen LogP contribution < -0.4 is 0 Å². The van der Waals surface area contributed by atoms with Crippen molar-refractivity contribution in [3.63, 3.8) is 0 Å². The summed E-state index contributed by atoms with van der Waals surface area (Å²) in [4.78, 5) is 5.32. The fourth-order valence-corrected chi connectivity index (χ4v) is 5.43. The van der Waals surface area contributed by atoms with E-state index in [0.29, 0.717) is 24.2 Å². The lowest BCUT2D eigenvalue weighted by Gasteiger charge is -2.08. The van der Waals surface area contributed by atoms with E-state index in [1.165, 1.54) is 22.3 Å². The molecular formula is C30H28N2. The Bertz CT molecular complexity index is 959. The molecule has 4 aromatic carbocycles. The van der Waals surface area contributed by atoms with E-state index in [-0.39, 0.29) is 0 Å². The number of hydrogen-bond acceptors (Lipinski definition) is 2. The van der Waals surface area contributed by atoms with Crippen molar-refractivity contribution in [3.8, 4) is 0 Å². The molecule has 32 heavy (non-hydrogen) atoms. The molecular weight excluding hydrogens is 388 g/mol. The van der Waals surface area contributed by atoms with Crippen LogP contribution in [0.2, 0.25) is 0 Å². The summed E-state index contributed by atoms with van der Waals surface area (Å²) < 4.78 is 0. The Balaban J connectivity index is 1.22. The van der Waals surface area contributed by atoms with Gasteiger partial charge in [0.15, 0.2) is 0 Å². The van der Waals surface area contributed by atoms with Crippen molar-refractivity contribution < 1.29 is 0 Å². The Morgan fingerprint density at radius 3 is 0.781 bits per heavy atom. The summed E-state index contributed by atoms with van der Waals surface area (Å²) in [5.74, 6) is 0. The molecule has 2 saturated heterocycles. The monoisotopic (exact) mass is 416 g/mol. The maximum absolute atomic E-state index is 2.66. The van der Waals surface area contributed by atoms with Crippen molar-refractivity contribution >= 4 is 0 Å². The molecule has 0 saturated carbocycles. The van der Waals surface area contributed by atoms with E-state index in [4.69, 9.17) is 0 Å². The van der Waals surface area contributed by atoms with Crippen molar-refractivity contribution in [2.75, 3.05) is 13.1 Å². The van der Waals surface area contributed by atoms with Crippen LogP contribution >= 0.6 is 0 Å². The molecule has 2 nitrogen and oxygen atoms in total. The molecule has 2 fully saturated rings. The number of hydrogen-bond donors (Lipinski definition) is 0. The second-order valence-corrected chi connectivity index (χ2v) is 8.90. The molecule has 0 spiro atoms. The highest BCUT2D eigenvalue weighted by Crippen LogP contribution is 2.57. The van der Waals surface area contributed by atoms with Crippen molar-refractivity contribution in [2.24, 2.45) is 0 Å². The lowest BCUT2D eigenvalue weighted by Crippen LogP contribution is -2.14. The number of rotatable bonds is 7. The van der Waals surface area contributed by atoms with Gasteiger partial charge in [0.25, 0.3) is 0 Å². The minimum atomic E-state index is 0.476. The van der Waals surface area contributed by atoms with E-state index in [1.807, 2.05) is 0 Å². The summed E-state index contributed by atoms with van der Waals surface area (Å²) in [5, 5.41) is 0. The third-order valence-corrected chi connectivity index (χ3v) is 7.03. The van der Waals surface area contributed by atoms with Crippen LogP contribution in [0.4, 0.5) is 0 Å². The first-order chi connectivity index (χ1) is 15.9. The van der Waals surface area contributed by atoms with Crippen LogP contribution in [0, 0.1) is 0 Å². The third kappa shape index (κ3) is 3.66. The fourth-order valence-electron chi connectivity index (χ4n) is 5.43. The molecule has 2 aliphatic rings. The quantitative estimate of drug-likeness (QED) is 0.314. The third-order valence-electron chi connectivity index (χ3n) is 7.03. The average Bonchev–Trinajstić information content (AvgIpc) is 3.78. The van der Waals surface area contributed by atoms with Gasteiger partial charge in [-0.05, 0) is 22.3 Å². The van der Waals surface area contributed by atoms with Gasteiger partial charge in [0.2, 0.25) is 0 Å². The molecule has 0 N–H and O–H groups in total. The Morgan fingerprint density at radius 1 is 0.344 bits per heavy atom. The van der Waals surface area contributed by atoms with Crippen LogP contribution in [0.5, 0.6) is 0 Å². The Kier molecular flexibility index (Phi) is 5.10. The summed E-state index contributed by atoms with van der Waals surface area (Å²) in [5.41, 5.74) is 5.69. The molecule has 0 amide bonds. The lowest BCUT2D eigenvalue weighted by atomic mass is 10.0. The maximum atomic E-state index is 2.66. The average molecular weight is 417 g/mol. The normalized spacial score (nSPS) is 28.2. The van der Waals surface area contributed by atoms with Crippen LogP contribution in [0.3, 0.4) is 0 Å². The van der Waals surface area contributed by atoms with Gasteiger partial charge in [-0.15, -0.1) is 0 Å². The second kappa shape index (κ2) is 8.38. The Labute approximate surface area is 190 Å². The molecule has 2 heterocycles. The van der Waals surface area contributed by atoms with Crippen molar-refractivity contribution in [3.05, 3.63) is 144 Å². The first kappa shape index (κ1) is 19.5. The fraction of sp³-hybridized carbons (Fsp3) is 0.200. The van der Waals surface area contributed by atoms with E-state index in [1.54, 1.807) is 0 Å². The zero-order chi connectivity index (χ0) is 21.3. The summed E-state index contributed by atoms with van der Waals surface area (Å²) >= 11 is 0. The first-order valence-corrected chi connectivity index (χ1v) is 11.6. The summed E-state index contributed by atoms with van der Waals surface area (Å²) in [6.07, 6.45) is 0. The predicted octanol–water partition coefficient (Wildman–Crippen LogP) is 6.58. The highest BCUT2D eigenvalue weighted by atomic mass is 15.4. The van der Waals surface area contributed by atoms with Gasteiger partial charge in [-0.2, -0.15) is 0 Å². The van der Waals surface area contributed by atoms with Crippen LogP contribution in [0.25, 0.3) is 0 Å². The molecule has 0 aromatic heterocycles. The largest absolute Gasteiger partial charge is 0.284 e. The number of benzene rings is 4. The standard InChI is InChI=1S/C30H28N2/c1-5-13-23(14-6-1)27-28(24-15-7-2-8-16-24)31(27)21-22-32-29(25-17-9-3-10-18-25)30(32)26-19-11-4-12-20-26/h1-20,27-30H,21-22H2/t27-,28-,29-,30-/m0/s1. The van der Waals surface area contributed by atoms with Crippen LogP contribution in [0.15, 0.2) is 121 Å². The van der Waals surface area contributed by atoms with Gasteiger partial charge in [-0.25, -0.2) is 0 Å². The topological polar surface area (TPSA) is 6.02 Å². The van der Waals surface area contributed by atoms with Gasteiger partial charge in [0.1, 0.15) is 0 Å². The summed E-state index contributed by atoms with van der Waals surface area (Å²) in [7, 11) is 0. The zero-order valence-corrected chi connectivity index (χ0v) is 18.2. The molecule has 0 aliphatic carbocycles. The van der Waals surface area contributed by atoms with Crippen LogP contribution in [0.1, 0.15) is 46.4 Å². The van der Waals surface area contributed by atoms with Gasteiger partial charge in [0.05, 0.1) is 24.2 Å². The predicted molar refractivity (Wildman–Crippen MR) is 130 cm³/mol. The van der Waals surface area contributed by atoms with Gasteiger partial charge in [-0.1, -0.05) is 121 Å². The molecule has 4 atom stereocenters. The molecule has 2 heteroatoms. The molecule has 2 aliphatic heterocycles. The first-order valence-electron chi connectivity index (χ1n) is 11.6. The molecule has 158 valence electrons. The maximum Gasteiger partial charge on any atom is 0.0552 e. The molecule has 0 bridgehead atoms. The molecule has 0 unspecified atom stereocenters. The van der Waals surface area contributed by atoms with E-state index in [0.717, 1.165) is 13.1 Å². The second-order valence-electron chi connectivity index (χ2n) is 8.90. The summed E-state index contributed by atoms with van der Waals surface area (Å²) in [6.45, 7) is 2.15.